The maximum Gasteiger partial charge on any atom is 0.231 e. The van der Waals surface area contributed by atoms with Gasteiger partial charge in [-0.25, -0.2) is 0 Å². The first kappa shape index (κ1) is 35.1. The maximum atomic E-state index is 14.1. The molecule has 2 fully saturated rings. The SMILES string of the molecule is C#C.CC.CC/C=C(\NC1CCCCC1)[C@H](Cc1ccc(Cl)cc1Cl)NC(=O)C1(c2ccc(Cl)cc2CCC)CC1. The van der Waals surface area contributed by atoms with Gasteiger partial charge in [-0.1, -0.05) is 106 Å². The van der Waals surface area contributed by atoms with Gasteiger partial charge in [-0.15, -0.1) is 12.8 Å². The second kappa shape index (κ2) is 17.7. The van der Waals surface area contributed by atoms with E-state index in [4.69, 9.17) is 34.8 Å². The lowest BCUT2D eigenvalue weighted by molar-refractivity contribution is -0.124. The summed E-state index contributed by atoms with van der Waals surface area (Å²) in [5.74, 6) is 0.0923. The van der Waals surface area contributed by atoms with E-state index >= 15 is 0 Å². The summed E-state index contributed by atoms with van der Waals surface area (Å²) >= 11 is 19.1. The van der Waals surface area contributed by atoms with Gasteiger partial charge in [0.15, 0.2) is 0 Å². The van der Waals surface area contributed by atoms with Crippen molar-refractivity contribution in [2.45, 2.75) is 116 Å². The van der Waals surface area contributed by atoms with Crippen LogP contribution in [0.3, 0.4) is 0 Å². The second-order valence-corrected chi connectivity index (χ2v) is 11.9. The van der Waals surface area contributed by atoms with Gasteiger partial charge in [0.1, 0.15) is 0 Å². The van der Waals surface area contributed by atoms with Crippen molar-refractivity contribution in [2.75, 3.05) is 0 Å². The Hall–Kier alpha value is -2.12. The van der Waals surface area contributed by atoms with E-state index in [1.165, 1.54) is 37.7 Å². The van der Waals surface area contributed by atoms with Gasteiger partial charge in [0.25, 0.3) is 0 Å². The molecule has 0 spiro atoms. The Kier molecular flexibility index (Phi) is 15.2. The summed E-state index contributed by atoms with van der Waals surface area (Å²) in [6, 6.07) is 11.9. The molecule has 0 heterocycles. The minimum absolute atomic E-state index is 0.0923. The van der Waals surface area contributed by atoms with E-state index in [-0.39, 0.29) is 11.9 Å². The molecule has 2 aliphatic rings. The quantitative estimate of drug-likeness (QED) is 0.246. The Morgan fingerprint density at radius 2 is 1.61 bits per heavy atom. The van der Waals surface area contributed by atoms with Gasteiger partial charge >= 0.3 is 0 Å². The van der Waals surface area contributed by atoms with Crippen LogP contribution in [-0.4, -0.2) is 18.0 Å². The number of nitrogens with one attached hydrogen (secondary N) is 2. The Bertz CT molecular complexity index is 1160. The number of rotatable bonds is 11. The molecule has 224 valence electrons. The number of amides is 1. The van der Waals surface area contributed by atoms with Crippen LogP contribution in [-0.2, 0) is 23.1 Å². The molecular weight excluding hydrogens is 571 g/mol. The molecule has 2 saturated carbocycles. The van der Waals surface area contributed by atoms with Crippen molar-refractivity contribution in [3.05, 3.63) is 79.9 Å². The topological polar surface area (TPSA) is 41.1 Å². The molecule has 41 heavy (non-hydrogen) atoms. The highest BCUT2D eigenvalue weighted by molar-refractivity contribution is 6.35. The average molecular weight is 618 g/mol. The Labute approximate surface area is 263 Å². The van der Waals surface area contributed by atoms with Crippen molar-refractivity contribution in [3.8, 4) is 12.8 Å². The molecule has 0 bridgehead atoms. The molecular formula is C35H47Cl3N2O. The fourth-order valence-corrected chi connectivity index (χ4v) is 6.38. The number of hydrogen-bond acceptors (Lipinski definition) is 2. The van der Waals surface area contributed by atoms with E-state index in [0.29, 0.717) is 22.5 Å². The van der Waals surface area contributed by atoms with E-state index in [1.807, 2.05) is 38.1 Å². The molecule has 0 aliphatic heterocycles. The highest BCUT2D eigenvalue weighted by Crippen LogP contribution is 2.50. The summed E-state index contributed by atoms with van der Waals surface area (Å²) in [6.07, 6.45) is 21.5. The van der Waals surface area contributed by atoms with Crippen LogP contribution in [0.15, 0.2) is 48.2 Å². The molecule has 6 heteroatoms. The van der Waals surface area contributed by atoms with Gasteiger partial charge in [-0.2, -0.15) is 0 Å². The molecule has 1 atom stereocenters. The van der Waals surface area contributed by atoms with Crippen LogP contribution in [0.5, 0.6) is 0 Å². The Balaban J connectivity index is 0.00000141. The first-order chi connectivity index (χ1) is 19.9. The van der Waals surface area contributed by atoms with E-state index in [0.717, 1.165) is 54.0 Å². The Morgan fingerprint density at radius 1 is 0.976 bits per heavy atom. The smallest absolute Gasteiger partial charge is 0.231 e. The third kappa shape index (κ3) is 9.71. The highest BCUT2D eigenvalue weighted by Gasteiger charge is 2.52. The fourth-order valence-electron chi connectivity index (χ4n) is 5.70. The van der Waals surface area contributed by atoms with E-state index in [1.54, 1.807) is 6.07 Å². The molecule has 2 aliphatic carbocycles. The second-order valence-electron chi connectivity index (χ2n) is 10.6. The zero-order valence-corrected chi connectivity index (χ0v) is 27.4. The summed E-state index contributed by atoms with van der Waals surface area (Å²) in [4.78, 5) is 14.1. The predicted molar refractivity (Wildman–Crippen MR) is 178 cm³/mol. The van der Waals surface area contributed by atoms with E-state index in [2.05, 4.69) is 49.5 Å². The van der Waals surface area contributed by atoms with Gasteiger partial charge < -0.3 is 10.6 Å². The van der Waals surface area contributed by atoms with Crippen LogP contribution >= 0.6 is 34.8 Å². The van der Waals surface area contributed by atoms with E-state index < -0.39 is 5.41 Å². The summed E-state index contributed by atoms with van der Waals surface area (Å²) in [5, 5.41) is 9.26. The van der Waals surface area contributed by atoms with Crippen LogP contribution in [0.2, 0.25) is 15.1 Å². The van der Waals surface area contributed by atoms with Gasteiger partial charge in [-0.3, -0.25) is 4.79 Å². The molecule has 0 unspecified atom stereocenters. The van der Waals surface area contributed by atoms with Crippen LogP contribution in [0.4, 0.5) is 0 Å². The molecule has 4 rings (SSSR count). The zero-order valence-electron chi connectivity index (χ0n) is 25.2. The monoisotopic (exact) mass is 616 g/mol. The van der Waals surface area contributed by atoms with Crippen LogP contribution < -0.4 is 10.6 Å². The number of carbonyl (C=O) groups is 1. The third-order valence-corrected chi connectivity index (χ3v) is 8.63. The van der Waals surface area contributed by atoms with Crippen molar-refractivity contribution in [2.24, 2.45) is 0 Å². The molecule has 0 saturated heterocycles. The molecule has 3 nitrogen and oxygen atoms in total. The number of aryl methyl sites for hydroxylation is 1. The molecule has 1 amide bonds. The largest absolute Gasteiger partial charge is 0.384 e. The van der Waals surface area contributed by atoms with Gasteiger partial charge in [-0.05, 0) is 85.9 Å². The van der Waals surface area contributed by atoms with Crippen LogP contribution in [0, 0.1) is 12.8 Å². The van der Waals surface area contributed by atoms with Crippen molar-refractivity contribution in [1.82, 2.24) is 10.6 Å². The summed E-state index contributed by atoms with van der Waals surface area (Å²) in [6.45, 7) is 8.30. The van der Waals surface area contributed by atoms with Crippen molar-refractivity contribution in [1.29, 1.82) is 0 Å². The number of halogens is 3. The molecule has 2 aromatic carbocycles. The highest BCUT2D eigenvalue weighted by atomic mass is 35.5. The van der Waals surface area contributed by atoms with Crippen molar-refractivity contribution >= 4 is 40.7 Å². The summed E-state index contributed by atoms with van der Waals surface area (Å²) in [7, 11) is 0. The lowest BCUT2D eigenvalue weighted by atomic mass is 9.88. The summed E-state index contributed by atoms with van der Waals surface area (Å²) in [5.41, 5.74) is 3.89. The van der Waals surface area contributed by atoms with Gasteiger partial charge in [0.05, 0.1) is 11.5 Å². The predicted octanol–water partition coefficient (Wildman–Crippen LogP) is 9.85. The lowest BCUT2D eigenvalue weighted by Crippen LogP contribution is -2.48. The average Bonchev–Trinajstić information content (AvgIpc) is 3.79. The van der Waals surface area contributed by atoms with E-state index in [9.17, 15) is 4.79 Å². The summed E-state index contributed by atoms with van der Waals surface area (Å²) < 4.78 is 0. The number of hydrogen-bond donors (Lipinski definition) is 2. The fraction of sp³-hybridized carbons (Fsp3) is 0.514. The number of allylic oxidation sites excluding steroid dienone is 1. The van der Waals surface area contributed by atoms with Gasteiger partial charge in [0, 0.05) is 26.8 Å². The zero-order chi connectivity index (χ0) is 30.4. The minimum atomic E-state index is -0.487. The number of benzene rings is 2. The van der Waals surface area contributed by atoms with Crippen molar-refractivity contribution < 1.29 is 4.79 Å². The standard InChI is InChI=1S/C31H39Cl3N2O.C2H6.C2H2/c1-3-8-21-18-23(32)14-15-26(21)31(16-17-31)30(37)36-29(19-22-12-13-24(33)20-27(22)34)28(9-4-2)35-25-10-6-5-7-11-25;2*1-2/h9,12-15,18,20,25,29,35H,3-8,10-11,16-17,19H2,1-2H3,(H,36,37);1-2H3;1-2H/b28-9-;;/t29-;;/m0../s1. The minimum Gasteiger partial charge on any atom is -0.384 e. The first-order valence-electron chi connectivity index (χ1n) is 15.2. The molecule has 0 radical (unpaired) electrons. The van der Waals surface area contributed by atoms with Gasteiger partial charge in [0.2, 0.25) is 5.91 Å². The first-order valence-corrected chi connectivity index (χ1v) is 16.3. The normalized spacial score (nSPS) is 16.8. The molecule has 0 aromatic heterocycles. The van der Waals surface area contributed by atoms with Crippen molar-refractivity contribution in [3.63, 3.8) is 0 Å². The Morgan fingerprint density at radius 3 is 2.20 bits per heavy atom. The number of carbonyl (C=O) groups excluding carboxylic acids is 1. The molecule has 2 aromatic rings. The molecule has 2 N–H and O–H groups in total. The number of terminal acetylenes is 1. The van der Waals surface area contributed by atoms with Crippen LogP contribution in [0.25, 0.3) is 0 Å². The van der Waals surface area contributed by atoms with Crippen LogP contribution in [0.1, 0.15) is 102 Å². The third-order valence-electron chi connectivity index (χ3n) is 7.81. The maximum absolute atomic E-state index is 14.1. The lowest BCUT2D eigenvalue weighted by Gasteiger charge is -2.31.